The zero-order chi connectivity index (χ0) is 23.5. The van der Waals surface area contributed by atoms with Crippen molar-refractivity contribution in [3.63, 3.8) is 0 Å². The first-order chi connectivity index (χ1) is 16.5. The maximum Gasteiger partial charge on any atom is 0.267 e. The van der Waals surface area contributed by atoms with Gasteiger partial charge in [-0.1, -0.05) is 18.2 Å². The molecule has 0 unspecified atom stereocenters. The fourth-order valence-corrected chi connectivity index (χ4v) is 5.26. The van der Waals surface area contributed by atoms with Crippen LogP contribution in [-0.2, 0) is 21.1 Å². The van der Waals surface area contributed by atoms with Crippen molar-refractivity contribution in [2.45, 2.75) is 16.3 Å². The minimum atomic E-state index is -3.66. The standard InChI is InChI=1S/C25H24N4O4S/c30-25(24-14-19-17-26-9-8-23(19)28-24)27-16-18-4-6-21(7-5-18)34(31,32)22-3-1-2-20(15-22)29-10-12-33-13-11-29/h1-9,14-15,17,28H,10-13,16H2,(H,27,30). The minimum Gasteiger partial charge on any atom is -0.378 e. The number of pyridine rings is 1. The summed E-state index contributed by atoms with van der Waals surface area (Å²) in [7, 11) is -3.66. The predicted molar refractivity (Wildman–Crippen MR) is 129 cm³/mol. The van der Waals surface area contributed by atoms with E-state index in [0.717, 1.165) is 35.2 Å². The smallest absolute Gasteiger partial charge is 0.267 e. The van der Waals surface area contributed by atoms with Crippen molar-refractivity contribution in [1.29, 1.82) is 0 Å². The Morgan fingerprint density at radius 3 is 2.59 bits per heavy atom. The SMILES string of the molecule is O=C(NCc1ccc(S(=O)(=O)c2cccc(N3CCOCC3)c2)cc1)c1cc2cnccc2[nH]1. The number of carbonyl (C=O) groups is 1. The first-order valence-electron chi connectivity index (χ1n) is 11.0. The molecule has 0 bridgehead atoms. The highest BCUT2D eigenvalue weighted by Gasteiger charge is 2.20. The van der Waals surface area contributed by atoms with Crippen LogP contribution >= 0.6 is 0 Å². The third-order valence-electron chi connectivity index (χ3n) is 5.86. The van der Waals surface area contributed by atoms with Crippen molar-refractivity contribution in [3.8, 4) is 0 Å². The number of aromatic amines is 1. The number of rotatable bonds is 6. The van der Waals surface area contributed by atoms with E-state index in [4.69, 9.17) is 4.74 Å². The van der Waals surface area contributed by atoms with E-state index in [-0.39, 0.29) is 22.2 Å². The normalized spacial score (nSPS) is 14.3. The monoisotopic (exact) mass is 476 g/mol. The lowest BCUT2D eigenvalue weighted by Crippen LogP contribution is -2.36. The number of aromatic nitrogens is 2. The summed E-state index contributed by atoms with van der Waals surface area (Å²) in [6.07, 6.45) is 3.35. The van der Waals surface area contributed by atoms with E-state index >= 15 is 0 Å². The Morgan fingerprint density at radius 1 is 1.03 bits per heavy atom. The molecule has 34 heavy (non-hydrogen) atoms. The van der Waals surface area contributed by atoms with Gasteiger partial charge in [-0.2, -0.15) is 0 Å². The van der Waals surface area contributed by atoms with Crippen molar-refractivity contribution in [1.82, 2.24) is 15.3 Å². The third-order valence-corrected chi connectivity index (χ3v) is 7.62. The summed E-state index contributed by atoms with van der Waals surface area (Å²) in [4.78, 5) is 22.2. The molecule has 0 radical (unpaired) electrons. The van der Waals surface area contributed by atoms with E-state index in [9.17, 15) is 13.2 Å². The van der Waals surface area contributed by atoms with E-state index < -0.39 is 9.84 Å². The maximum absolute atomic E-state index is 13.2. The van der Waals surface area contributed by atoms with Gasteiger partial charge in [-0.05, 0) is 48.0 Å². The molecule has 2 aromatic heterocycles. The largest absolute Gasteiger partial charge is 0.378 e. The van der Waals surface area contributed by atoms with Crippen molar-refractivity contribution < 1.29 is 17.9 Å². The number of hydrogen-bond acceptors (Lipinski definition) is 6. The van der Waals surface area contributed by atoms with Crippen LogP contribution in [0.1, 0.15) is 16.1 Å². The molecular formula is C25H24N4O4S. The summed E-state index contributed by atoms with van der Waals surface area (Å²) in [6.45, 7) is 3.01. The van der Waals surface area contributed by atoms with Gasteiger partial charge < -0.3 is 19.9 Å². The average Bonchev–Trinajstić information content (AvgIpc) is 3.33. The molecule has 5 rings (SSSR count). The van der Waals surface area contributed by atoms with Crippen LogP contribution < -0.4 is 10.2 Å². The Bertz CT molecular complexity index is 1390. The van der Waals surface area contributed by atoms with Crippen molar-refractivity contribution >= 4 is 32.3 Å². The predicted octanol–water partition coefficient (Wildman–Crippen LogP) is 3.16. The van der Waals surface area contributed by atoms with E-state index in [1.165, 1.54) is 0 Å². The van der Waals surface area contributed by atoms with Gasteiger partial charge in [0.25, 0.3) is 5.91 Å². The molecular weight excluding hydrogens is 452 g/mol. The van der Waals surface area contributed by atoms with Crippen LogP contribution in [0.3, 0.4) is 0 Å². The molecule has 0 saturated carbocycles. The van der Waals surface area contributed by atoms with Crippen LogP contribution in [0.4, 0.5) is 5.69 Å². The number of anilines is 1. The summed E-state index contributed by atoms with van der Waals surface area (Å²) >= 11 is 0. The number of hydrogen-bond donors (Lipinski definition) is 2. The number of fused-ring (bicyclic) bond motifs is 1. The van der Waals surface area contributed by atoms with Crippen LogP contribution in [-0.4, -0.2) is 50.6 Å². The van der Waals surface area contributed by atoms with Crippen LogP contribution in [0.5, 0.6) is 0 Å². The van der Waals surface area contributed by atoms with Crippen molar-refractivity contribution in [3.05, 3.63) is 84.3 Å². The number of benzene rings is 2. The molecule has 1 fully saturated rings. The van der Waals surface area contributed by atoms with Crippen molar-refractivity contribution in [2.75, 3.05) is 31.2 Å². The summed E-state index contributed by atoms with van der Waals surface area (Å²) in [5.41, 5.74) is 2.96. The summed E-state index contributed by atoms with van der Waals surface area (Å²) in [5.74, 6) is -0.243. The van der Waals surface area contributed by atoms with Gasteiger partial charge in [-0.3, -0.25) is 9.78 Å². The van der Waals surface area contributed by atoms with E-state index in [1.807, 2.05) is 12.1 Å². The number of amides is 1. The molecule has 2 N–H and O–H groups in total. The number of ether oxygens (including phenoxy) is 1. The first-order valence-corrected chi connectivity index (χ1v) is 12.5. The van der Waals surface area contributed by atoms with Gasteiger partial charge >= 0.3 is 0 Å². The van der Waals surface area contributed by atoms with Gasteiger partial charge in [0.05, 0.1) is 23.0 Å². The quantitative estimate of drug-likeness (QED) is 0.443. The highest BCUT2D eigenvalue weighted by Crippen LogP contribution is 2.26. The Labute approximate surface area is 197 Å². The van der Waals surface area contributed by atoms with Gasteiger partial charge in [0.15, 0.2) is 0 Å². The van der Waals surface area contributed by atoms with E-state index in [0.29, 0.717) is 18.9 Å². The lowest BCUT2D eigenvalue weighted by molar-refractivity contribution is 0.0946. The fourth-order valence-electron chi connectivity index (χ4n) is 3.96. The molecule has 1 aliphatic heterocycles. The fraction of sp³-hybridized carbons (Fsp3) is 0.200. The molecule has 9 heteroatoms. The van der Waals surface area contributed by atoms with Gasteiger partial charge in [-0.25, -0.2) is 8.42 Å². The van der Waals surface area contributed by atoms with Crippen molar-refractivity contribution in [2.24, 2.45) is 0 Å². The number of nitrogens with zero attached hydrogens (tertiary/aromatic N) is 2. The number of nitrogens with one attached hydrogen (secondary N) is 2. The average molecular weight is 477 g/mol. The van der Waals surface area contributed by atoms with Gasteiger partial charge in [-0.15, -0.1) is 0 Å². The second kappa shape index (κ2) is 9.28. The second-order valence-electron chi connectivity index (χ2n) is 8.07. The molecule has 0 aliphatic carbocycles. The lowest BCUT2D eigenvalue weighted by Gasteiger charge is -2.29. The Morgan fingerprint density at radius 2 is 1.82 bits per heavy atom. The highest BCUT2D eigenvalue weighted by atomic mass is 32.2. The molecule has 2 aromatic carbocycles. The summed E-state index contributed by atoms with van der Waals surface area (Å²) < 4.78 is 31.8. The van der Waals surface area contributed by atoms with E-state index in [2.05, 4.69) is 20.2 Å². The van der Waals surface area contributed by atoms with Crippen LogP contribution in [0.15, 0.2) is 82.8 Å². The summed E-state index contributed by atoms with van der Waals surface area (Å²) in [6, 6.07) is 17.2. The second-order valence-corrected chi connectivity index (χ2v) is 10.0. The number of morpholine rings is 1. The molecule has 1 saturated heterocycles. The number of carbonyl (C=O) groups excluding carboxylic acids is 1. The van der Waals surface area contributed by atoms with Crippen LogP contribution in [0.25, 0.3) is 10.9 Å². The van der Waals surface area contributed by atoms with Crippen LogP contribution in [0, 0.1) is 0 Å². The highest BCUT2D eigenvalue weighted by molar-refractivity contribution is 7.91. The Balaban J connectivity index is 1.27. The number of H-pyrrole nitrogens is 1. The van der Waals surface area contributed by atoms with Gasteiger partial charge in [0.2, 0.25) is 9.84 Å². The first kappa shape index (κ1) is 22.1. The molecule has 174 valence electrons. The van der Waals surface area contributed by atoms with Gasteiger partial charge in [0, 0.05) is 48.6 Å². The van der Waals surface area contributed by atoms with Crippen LogP contribution in [0.2, 0.25) is 0 Å². The minimum absolute atomic E-state index is 0.213. The van der Waals surface area contributed by atoms with Gasteiger partial charge in [0.1, 0.15) is 5.69 Å². The Kier molecular flexibility index (Phi) is 6.04. The molecule has 3 heterocycles. The molecule has 1 aliphatic rings. The lowest BCUT2D eigenvalue weighted by atomic mass is 10.2. The molecule has 1 amide bonds. The third kappa shape index (κ3) is 4.52. The Hall–Kier alpha value is -3.69. The molecule has 0 atom stereocenters. The zero-order valence-corrected chi connectivity index (χ0v) is 19.2. The molecule has 0 spiro atoms. The van der Waals surface area contributed by atoms with E-state index in [1.54, 1.807) is 60.9 Å². The zero-order valence-electron chi connectivity index (χ0n) is 18.4. The topological polar surface area (TPSA) is 104 Å². The summed E-state index contributed by atoms with van der Waals surface area (Å²) in [5, 5.41) is 3.72. The molecule has 8 nitrogen and oxygen atoms in total. The maximum atomic E-state index is 13.2. The number of sulfone groups is 1. The molecule has 4 aromatic rings.